The van der Waals surface area contributed by atoms with Crippen molar-refractivity contribution in [3.8, 4) is 0 Å². The second-order valence-electron chi connectivity index (χ2n) is 7.39. The van der Waals surface area contributed by atoms with Gasteiger partial charge in [0.2, 0.25) is 0 Å². The van der Waals surface area contributed by atoms with Crippen molar-refractivity contribution in [2.75, 3.05) is 23.7 Å². The van der Waals surface area contributed by atoms with Crippen LogP contribution in [0.4, 0.5) is 20.0 Å². The highest BCUT2D eigenvalue weighted by molar-refractivity contribution is 7.15. The zero-order valence-corrected chi connectivity index (χ0v) is 16.0. The molecule has 4 rings (SSSR count). The first-order chi connectivity index (χ1) is 12.9. The molecule has 2 aliphatic rings. The van der Waals surface area contributed by atoms with Crippen molar-refractivity contribution < 1.29 is 14.3 Å². The van der Waals surface area contributed by atoms with Crippen LogP contribution in [-0.2, 0) is 13.0 Å². The van der Waals surface area contributed by atoms with Crippen molar-refractivity contribution in [1.82, 2.24) is 9.88 Å². The molecule has 2 heterocycles. The first-order valence-corrected chi connectivity index (χ1v) is 10.0. The van der Waals surface area contributed by atoms with Gasteiger partial charge in [-0.2, -0.15) is 0 Å². The molecule has 144 valence electrons. The van der Waals surface area contributed by atoms with Gasteiger partial charge in [0.05, 0.1) is 17.8 Å². The fourth-order valence-electron chi connectivity index (χ4n) is 3.37. The summed E-state index contributed by atoms with van der Waals surface area (Å²) in [6.45, 7) is 3.29. The molecule has 0 radical (unpaired) electrons. The number of nitrogens with one attached hydrogen (secondary N) is 2. The van der Waals surface area contributed by atoms with Crippen LogP contribution in [0.1, 0.15) is 35.4 Å². The number of benzene rings is 1. The number of aliphatic hydroxyl groups is 1. The van der Waals surface area contributed by atoms with Gasteiger partial charge in [-0.25, -0.2) is 14.2 Å². The Hall–Kier alpha value is -2.19. The molecule has 2 amide bonds. The van der Waals surface area contributed by atoms with E-state index >= 15 is 0 Å². The van der Waals surface area contributed by atoms with E-state index in [0.29, 0.717) is 37.3 Å². The molecule has 1 saturated carbocycles. The number of hydrogen-bond acceptors (Lipinski definition) is 5. The van der Waals surface area contributed by atoms with E-state index in [1.165, 1.54) is 17.4 Å². The summed E-state index contributed by atoms with van der Waals surface area (Å²) in [6.07, 6.45) is 3.45. The topological polar surface area (TPSA) is 77.5 Å². The van der Waals surface area contributed by atoms with Crippen molar-refractivity contribution >= 4 is 28.2 Å². The number of fused-ring (bicyclic) bond motifs is 1. The van der Waals surface area contributed by atoms with Crippen LogP contribution in [0.25, 0.3) is 0 Å². The molecule has 0 atom stereocenters. The lowest BCUT2D eigenvalue weighted by Crippen LogP contribution is -2.43. The van der Waals surface area contributed by atoms with Crippen LogP contribution in [0.15, 0.2) is 18.2 Å². The number of urea groups is 1. The second-order valence-corrected chi connectivity index (χ2v) is 8.47. The Bertz CT molecular complexity index is 865. The highest BCUT2D eigenvalue weighted by Crippen LogP contribution is 2.33. The van der Waals surface area contributed by atoms with E-state index in [9.17, 15) is 14.3 Å². The third-order valence-corrected chi connectivity index (χ3v) is 6.32. The normalized spacial score (nSPS) is 17.8. The molecule has 0 unspecified atom stereocenters. The van der Waals surface area contributed by atoms with Gasteiger partial charge in [-0.3, -0.25) is 0 Å². The zero-order valence-electron chi connectivity index (χ0n) is 15.2. The summed E-state index contributed by atoms with van der Waals surface area (Å²) in [4.78, 5) is 20.0. The number of hydrogen-bond donors (Lipinski definition) is 3. The third kappa shape index (κ3) is 3.91. The van der Waals surface area contributed by atoms with Gasteiger partial charge in [0.1, 0.15) is 5.82 Å². The van der Waals surface area contributed by atoms with Gasteiger partial charge >= 0.3 is 6.03 Å². The number of aromatic nitrogens is 1. The average Bonchev–Trinajstić information content (AvgIpc) is 3.03. The van der Waals surface area contributed by atoms with Crippen molar-refractivity contribution in [2.24, 2.45) is 0 Å². The Morgan fingerprint density at radius 1 is 1.44 bits per heavy atom. The fraction of sp³-hybridized carbons (Fsp3) is 0.474. The van der Waals surface area contributed by atoms with Crippen LogP contribution in [0.3, 0.4) is 0 Å². The Labute approximate surface area is 161 Å². The van der Waals surface area contributed by atoms with Gasteiger partial charge in [-0.05, 0) is 49.9 Å². The minimum Gasteiger partial charge on any atom is -0.388 e. The SMILES string of the molecule is Cc1cc(NC(=O)N2CCc3nc(NCC4(O)CCC4)sc3C2)ccc1F. The van der Waals surface area contributed by atoms with Gasteiger partial charge < -0.3 is 20.6 Å². The minimum atomic E-state index is -0.592. The van der Waals surface area contributed by atoms with Crippen LogP contribution >= 0.6 is 11.3 Å². The van der Waals surface area contributed by atoms with Crippen LogP contribution in [0, 0.1) is 12.7 Å². The van der Waals surface area contributed by atoms with Crippen molar-refractivity contribution in [1.29, 1.82) is 0 Å². The lowest BCUT2D eigenvalue weighted by atomic mass is 9.80. The number of amides is 2. The summed E-state index contributed by atoms with van der Waals surface area (Å²) in [5, 5.41) is 17.1. The Balaban J connectivity index is 1.37. The fourth-order valence-corrected chi connectivity index (χ4v) is 4.39. The summed E-state index contributed by atoms with van der Waals surface area (Å²) in [6, 6.07) is 4.35. The van der Waals surface area contributed by atoms with Crippen LogP contribution in [-0.4, -0.2) is 39.7 Å². The second kappa shape index (κ2) is 7.09. The molecular weight excluding hydrogens is 367 g/mol. The molecule has 0 spiro atoms. The first-order valence-electron chi connectivity index (χ1n) is 9.19. The molecule has 3 N–H and O–H groups in total. The van der Waals surface area contributed by atoms with Gasteiger partial charge in [-0.1, -0.05) is 11.3 Å². The van der Waals surface area contributed by atoms with Crippen LogP contribution in [0.2, 0.25) is 0 Å². The van der Waals surface area contributed by atoms with Crippen molar-refractivity contribution in [3.05, 3.63) is 40.2 Å². The highest BCUT2D eigenvalue weighted by Gasteiger charge is 2.34. The predicted molar refractivity (Wildman–Crippen MR) is 104 cm³/mol. The molecule has 8 heteroatoms. The van der Waals surface area contributed by atoms with E-state index in [4.69, 9.17) is 0 Å². The first kappa shape index (κ1) is 18.2. The molecule has 0 saturated heterocycles. The largest absolute Gasteiger partial charge is 0.388 e. The quantitative estimate of drug-likeness (QED) is 0.747. The Kier molecular flexibility index (Phi) is 4.77. The van der Waals surface area contributed by atoms with Gasteiger partial charge in [0.25, 0.3) is 0 Å². The number of nitrogens with zero attached hydrogens (tertiary/aromatic N) is 2. The van der Waals surface area contributed by atoms with E-state index in [1.807, 2.05) is 0 Å². The summed E-state index contributed by atoms with van der Waals surface area (Å²) in [5.74, 6) is -0.285. The van der Waals surface area contributed by atoms with E-state index in [0.717, 1.165) is 35.0 Å². The number of carbonyl (C=O) groups is 1. The third-order valence-electron chi connectivity index (χ3n) is 5.28. The van der Waals surface area contributed by atoms with Crippen molar-refractivity contribution in [3.63, 3.8) is 0 Å². The summed E-state index contributed by atoms with van der Waals surface area (Å²) >= 11 is 1.54. The Morgan fingerprint density at radius 3 is 2.96 bits per heavy atom. The summed E-state index contributed by atoms with van der Waals surface area (Å²) in [7, 11) is 0. The van der Waals surface area contributed by atoms with E-state index in [2.05, 4.69) is 15.6 Å². The monoisotopic (exact) mass is 390 g/mol. The molecule has 1 aromatic carbocycles. The average molecular weight is 390 g/mol. The number of carbonyl (C=O) groups excluding carboxylic acids is 1. The van der Waals surface area contributed by atoms with Crippen molar-refractivity contribution in [2.45, 2.75) is 44.8 Å². The lowest BCUT2D eigenvalue weighted by Gasteiger charge is -2.36. The maximum atomic E-state index is 13.4. The Morgan fingerprint density at radius 2 is 2.26 bits per heavy atom. The molecular formula is C19H23FN4O2S. The maximum Gasteiger partial charge on any atom is 0.322 e. The van der Waals surface area contributed by atoms with Gasteiger partial charge in [0.15, 0.2) is 5.13 Å². The number of aryl methyl sites for hydroxylation is 1. The molecule has 1 aromatic heterocycles. The minimum absolute atomic E-state index is 0.196. The van der Waals surface area contributed by atoms with Gasteiger partial charge in [0, 0.05) is 30.1 Å². The highest BCUT2D eigenvalue weighted by atomic mass is 32.1. The van der Waals surface area contributed by atoms with Gasteiger partial charge in [-0.15, -0.1) is 0 Å². The molecule has 1 fully saturated rings. The molecule has 1 aliphatic carbocycles. The number of thiazole rings is 1. The lowest BCUT2D eigenvalue weighted by molar-refractivity contribution is -0.0202. The number of rotatable bonds is 4. The van der Waals surface area contributed by atoms with Crippen LogP contribution in [0.5, 0.6) is 0 Å². The summed E-state index contributed by atoms with van der Waals surface area (Å²) in [5.41, 5.74) is 1.51. The standard InChI is InChI=1S/C19H23FN4O2S/c1-12-9-13(3-4-14(12)20)22-18(25)24-8-5-15-16(10-24)27-17(23-15)21-11-19(26)6-2-7-19/h3-4,9,26H,2,5-8,10-11H2,1H3,(H,21,23)(H,22,25). The van der Waals surface area contributed by atoms with Crippen LogP contribution < -0.4 is 10.6 Å². The molecule has 2 aromatic rings. The zero-order chi connectivity index (χ0) is 19.0. The number of halogens is 1. The predicted octanol–water partition coefficient (Wildman–Crippen LogP) is 3.51. The van der Waals surface area contributed by atoms with E-state index in [1.54, 1.807) is 24.0 Å². The molecule has 0 bridgehead atoms. The van der Waals surface area contributed by atoms with E-state index in [-0.39, 0.29) is 11.8 Å². The maximum absolute atomic E-state index is 13.4. The smallest absolute Gasteiger partial charge is 0.322 e. The van der Waals surface area contributed by atoms with E-state index < -0.39 is 5.60 Å². The molecule has 6 nitrogen and oxygen atoms in total. The number of anilines is 2. The molecule has 1 aliphatic heterocycles. The molecule has 27 heavy (non-hydrogen) atoms. The summed E-state index contributed by atoms with van der Waals surface area (Å²) < 4.78 is 13.4.